The van der Waals surface area contributed by atoms with Crippen molar-refractivity contribution in [1.82, 2.24) is 5.32 Å². The molecule has 0 aromatic heterocycles. The molecule has 2 unspecified atom stereocenters. The normalized spacial score (nSPS) is 28.0. The van der Waals surface area contributed by atoms with Gasteiger partial charge in [-0.3, -0.25) is 19.2 Å². The fourth-order valence-electron chi connectivity index (χ4n) is 3.79. The molecule has 0 aromatic carbocycles. The Balaban J connectivity index is 3.35. The van der Waals surface area contributed by atoms with E-state index >= 15 is 0 Å². The third kappa shape index (κ3) is 11.2. The van der Waals surface area contributed by atoms with E-state index < -0.39 is 78.4 Å². The third-order valence-electron chi connectivity index (χ3n) is 6.03. The molecule has 1 N–H and O–H groups in total. The van der Waals surface area contributed by atoms with E-state index in [9.17, 15) is 28.8 Å². The van der Waals surface area contributed by atoms with Crippen LogP contribution in [0.5, 0.6) is 0 Å². The summed E-state index contributed by atoms with van der Waals surface area (Å²) in [5, 5.41) is 2.62. The van der Waals surface area contributed by atoms with Crippen molar-refractivity contribution in [2.24, 2.45) is 17.8 Å². The molecular formula is C27H43NO10. The van der Waals surface area contributed by atoms with E-state index in [0.29, 0.717) is 6.42 Å². The molecular weight excluding hydrogens is 498 g/mol. The first-order valence-electron chi connectivity index (χ1n) is 13.3. The van der Waals surface area contributed by atoms with E-state index in [-0.39, 0.29) is 31.1 Å². The van der Waals surface area contributed by atoms with Crippen molar-refractivity contribution in [3.8, 4) is 0 Å². The van der Waals surface area contributed by atoms with Gasteiger partial charge in [0.05, 0.1) is 12.5 Å². The van der Waals surface area contributed by atoms with E-state index in [1.807, 2.05) is 34.6 Å². The van der Waals surface area contributed by atoms with Crippen LogP contribution in [-0.2, 0) is 47.7 Å². The molecule has 6 atom stereocenters. The molecule has 38 heavy (non-hydrogen) atoms. The fourth-order valence-corrected chi connectivity index (χ4v) is 3.79. The second kappa shape index (κ2) is 15.4. The summed E-state index contributed by atoms with van der Waals surface area (Å²) in [6.07, 6.45) is -5.00. The molecule has 1 rings (SSSR count). The molecule has 11 heteroatoms. The maximum atomic E-state index is 13.2. The summed E-state index contributed by atoms with van der Waals surface area (Å²) in [7, 11) is 0. The van der Waals surface area contributed by atoms with Gasteiger partial charge < -0.3 is 24.3 Å². The molecule has 0 saturated carbocycles. The lowest BCUT2D eigenvalue weighted by atomic mass is 9.96. The van der Waals surface area contributed by atoms with Crippen molar-refractivity contribution in [3.63, 3.8) is 0 Å². The van der Waals surface area contributed by atoms with Gasteiger partial charge in [-0.25, -0.2) is 9.59 Å². The predicted octanol–water partition coefficient (Wildman–Crippen LogP) is 2.66. The number of ether oxygens (including phenoxy) is 4. The van der Waals surface area contributed by atoms with Crippen LogP contribution < -0.4 is 5.32 Å². The van der Waals surface area contributed by atoms with Gasteiger partial charge in [-0.05, 0) is 44.9 Å². The molecule has 1 heterocycles. The maximum Gasteiger partial charge on any atom is 0.347 e. The van der Waals surface area contributed by atoms with E-state index in [4.69, 9.17) is 18.9 Å². The zero-order valence-electron chi connectivity index (χ0n) is 23.7. The van der Waals surface area contributed by atoms with Crippen LogP contribution >= 0.6 is 0 Å². The van der Waals surface area contributed by atoms with Crippen LogP contribution in [-0.4, -0.2) is 66.0 Å². The average Bonchev–Trinajstić information content (AvgIpc) is 2.79. The van der Waals surface area contributed by atoms with Crippen LogP contribution in [0.4, 0.5) is 0 Å². The van der Waals surface area contributed by atoms with Gasteiger partial charge in [0.1, 0.15) is 12.5 Å². The summed E-state index contributed by atoms with van der Waals surface area (Å²) in [5.74, 6) is -5.34. The van der Waals surface area contributed by atoms with Gasteiger partial charge in [0.15, 0.2) is 24.1 Å². The highest BCUT2D eigenvalue weighted by molar-refractivity contribution is 6.01. The minimum absolute atomic E-state index is 0.0210. The zero-order valence-corrected chi connectivity index (χ0v) is 23.7. The van der Waals surface area contributed by atoms with E-state index in [1.54, 1.807) is 6.92 Å². The number of nitrogens with one attached hydrogen (secondary N) is 1. The lowest BCUT2D eigenvalue weighted by Gasteiger charge is -2.27. The summed E-state index contributed by atoms with van der Waals surface area (Å²) < 4.78 is 21.2. The number of rotatable bonds is 6. The number of ketones is 1. The van der Waals surface area contributed by atoms with E-state index in [2.05, 4.69) is 5.32 Å². The first kappa shape index (κ1) is 33.0. The first-order valence-corrected chi connectivity index (χ1v) is 13.3. The van der Waals surface area contributed by atoms with Crippen molar-refractivity contribution < 1.29 is 47.7 Å². The quantitative estimate of drug-likeness (QED) is 0.302. The maximum absolute atomic E-state index is 13.2. The van der Waals surface area contributed by atoms with Gasteiger partial charge in [-0.2, -0.15) is 0 Å². The van der Waals surface area contributed by atoms with Gasteiger partial charge in [-0.15, -0.1) is 0 Å². The van der Waals surface area contributed by atoms with Crippen molar-refractivity contribution in [2.45, 2.75) is 118 Å². The number of hydrogen-bond acceptors (Lipinski definition) is 10. The summed E-state index contributed by atoms with van der Waals surface area (Å²) >= 11 is 0. The highest BCUT2D eigenvalue weighted by atomic mass is 16.6. The Morgan fingerprint density at radius 2 is 1.39 bits per heavy atom. The predicted molar refractivity (Wildman–Crippen MR) is 135 cm³/mol. The van der Waals surface area contributed by atoms with Crippen LogP contribution in [0.2, 0.25) is 0 Å². The molecule has 0 spiro atoms. The minimum Gasteiger partial charge on any atom is -0.459 e. The van der Waals surface area contributed by atoms with Crippen molar-refractivity contribution in [3.05, 3.63) is 0 Å². The number of amides is 1. The molecule has 1 aliphatic heterocycles. The van der Waals surface area contributed by atoms with Gasteiger partial charge in [0.25, 0.3) is 5.91 Å². The molecule has 1 aliphatic rings. The number of Topliss-reactive ketones (excluding diaryl/α,β-unsaturated/α-hetero) is 1. The molecule has 0 aromatic rings. The largest absolute Gasteiger partial charge is 0.459 e. The Morgan fingerprint density at radius 3 is 1.95 bits per heavy atom. The standard InChI is InChI=1S/C27H43NO10/c1-9-16(6)24-25(32)28-19(10-14(2)3)20(29)13-23(31)37-21(11-15(4)5)27(34)35-17(7)12-22(30)36-18(8)26(33)38-24/h14-19,21,24H,9-13H2,1-8H3,(H,28,32)/t16?,17-,18+,19+,21+,24?/m1/s1. The molecule has 11 nitrogen and oxygen atoms in total. The van der Waals surface area contributed by atoms with Crippen LogP contribution in [0.25, 0.3) is 0 Å². The summed E-state index contributed by atoms with van der Waals surface area (Å²) in [6.45, 7) is 13.6. The smallest absolute Gasteiger partial charge is 0.347 e. The van der Waals surface area contributed by atoms with Crippen LogP contribution in [0.1, 0.15) is 87.5 Å². The van der Waals surface area contributed by atoms with Crippen molar-refractivity contribution in [2.75, 3.05) is 0 Å². The second-order valence-electron chi connectivity index (χ2n) is 10.8. The van der Waals surface area contributed by atoms with Crippen molar-refractivity contribution in [1.29, 1.82) is 0 Å². The molecule has 0 bridgehead atoms. The molecule has 1 amide bonds. The summed E-state index contributed by atoms with van der Waals surface area (Å²) in [6, 6.07) is -1.05. The molecule has 216 valence electrons. The lowest BCUT2D eigenvalue weighted by Crippen LogP contribution is -2.50. The Kier molecular flexibility index (Phi) is 13.4. The summed E-state index contributed by atoms with van der Waals surface area (Å²) in [5.41, 5.74) is 0. The Hall–Kier alpha value is -2.98. The van der Waals surface area contributed by atoms with Crippen LogP contribution in [0, 0.1) is 17.8 Å². The number of carbonyl (C=O) groups excluding carboxylic acids is 6. The highest BCUT2D eigenvalue weighted by Crippen LogP contribution is 2.18. The SMILES string of the molecule is CCC(C)C1OC(=O)[C@H](C)OC(=O)C[C@@H](C)OC(=O)[C@H](CC(C)C)OC(=O)CC(=O)[C@H](CC(C)C)NC1=O. The lowest BCUT2D eigenvalue weighted by molar-refractivity contribution is -0.178. The average molecular weight is 542 g/mol. The number of cyclic esters (lactones) is 4. The number of carbonyl (C=O) groups is 6. The van der Waals surface area contributed by atoms with Crippen LogP contribution in [0.3, 0.4) is 0 Å². The fraction of sp³-hybridized carbons (Fsp3) is 0.778. The minimum atomic E-state index is -1.33. The van der Waals surface area contributed by atoms with Crippen molar-refractivity contribution >= 4 is 35.6 Å². The molecule has 0 aliphatic carbocycles. The molecule has 1 saturated heterocycles. The monoisotopic (exact) mass is 541 g/mol. The van der Waals surface area contributed by atoms with Gasteiger partial charge in [-0.1, -0.05) is 41.5 Å². The summed E-state index contributed by atoms with van der Waals surface area (Å²) in [4.78, 5) is 76.7. The second-order valence-corrected chi connectivity index (χ2v) is 10.8. The van der Waals surface area contributed by atoms with Crippen LogP contribution in [0.15, 0.2) is 0 Å². The third-order valence-corrected chi connectivity index (χ3v) is 6.03. The number of hydrogen-bond donors (Lipinski definition) is 1. The first-order chi connectivity index (χ1) is 17.6. The van der Waals surface area contributed by atoms with Gasteiger partial charge >= 0.3 is 23.9 Å². The Labute approximate surface area is 224 Å². The molecule has 0 radical (unpaired) electrons. The Bertz CT molecular complexity index is 868. The van der Waals surface area contributed by atoms with Gasteiger partial charge in [0, 0.05) is 5.92 Å². The van der Waals surface area contributed by atoms with Gasteiger partial charge in [0.2, 0.25) is 0 Å². The van der Waals surface area contributed by atoms with E-state index in [1.165, 1.54) is 13.8 Å². The molecule has 1 fully saturated rings. The zero-order chi connectivity index (χ0) is 29.2. The Morgan fingerprint density at radius 1 is 0.789 bits per heavy atom. The highest BCUT2D eigenvalue weighted by Gasteiger charge is 2.36. The number of esters is 4. The van der Waals surface area contributed by atoms with E-state index in [0.717, 1.165) is 0 Å². The topological polar surface area (TPSA) is 151 Å².